The van der Waals surface area contributed by atoms with Crippen LogP contribution in [0.25, 0.3) is 0 Å². The zero-order valence-electron chi connectivity index (χ0n) is 19.8. The number of amides is 1. The van der Waals surface area contributed by atoms with Crippen LogP contribution in [0.2, 0.25) is 0 Å². The van der Waals surface area contributed by atoms with Crippen molar-refractivity contribution >= 4 is 35.8 Å². The summed E-state index contributed by atoms with van der Waals surface area (Å²) in [6, 6.07) is 21.4. The maximum Gasteiger partial charge on any atom is 0.253 e. The summed E-state index contributed by atoms with van der Waals surface area (Å²) in [5.41, 5.74) is 3.73. The van der Waals surface area contributed by atoms with E-state index in [2.05, 4.69) is 20.6 Å². The third kappa shape index (κ3) is 8.33. The van der Waals surface area contributed by atoms with Crippen LogP contribution >= 0.6 is 24.0 Å². The lowest BCUT2D eigenvalue weighted by atomic mass is 10.1. The number of carbonyl (C=O) groups excluding carboxylic acids is 1. The number of carbonyl (C=O) groups is 1. The minimum Gasteiger partial charge on any atom is -0.473 e. The second-order valence-electron chi connectivity index (χ2n) is 7.69. The molecule has 0 aliphatic carbocycles. The van der Waals surface area contributed by atoms with Crippen LogP contribution in [-0.4, -0.2) is 42.4 Å². The van der Waals surface area contributed by atoms with Crippen molar-refractivity contribution in [3.8, 4) is 5.88 Å². The van der Waals surface area contributed by atoms with Crippen LogP contribution in [0.5, 0.6) is 5.88 Å². The number of ether oxygens (including phenoxy) is 1. The van der Waals surface area contributed by atoms with Crippen molar-refractivity contribution < 1.29 is 9.53 Å². The minimum absolute atomic E-state index is 0. The number of aromatic nitrogens is 1. The van der Waals surface area contributed by atoms with E-state index in [1.165, 1.54) is 0 Å². The molecule has 0 bridgehead atoms. The summed E-state index contributed by atoms with van der Waals surface area (Å²) in [5, 5.41) is 6.61. The molecule has 0 atom stereocenters. The van der Waals surface area contributed by atoms with Crippen LogP contribution in [0, 0.1) is 0 Å². The van der Waals surface area contributed by atoms with Crippen LogP contribution in [-0.2, 0) is 19.7 Å². The van der Waals surface area contributed by atoms with Gasteiger partial charge in [-0.3, -0.25) is 4.79 Å². The van der Waals surface area contributed by atoms with Crippen molar-refractivity contribution in [2.75, 3.05) is 20.6 Å². The van der Waals surface area contributed by atoms with E-state index in [9.17, 15) is 4.79 Å². The Morgan fingerprint density at radius 1 is 0.971 bits per heavy atom. The molecule has 0 spiro atoms. The second-order valence-corrected chi connectivity index (χ2v) is 7.69. The molecule has 1 heterocycles. The quantitative estimate of drug-likeness (QED) is 0.228. The first-order chi connectivity index (χ1) is 16.1. The van der Waals surface area contributed by atoms with Crippen molar-refractivity contribution in [3.63, 3.8) is 0 Å². The number of pyridine rings is 1. The first-order valence-corrected chi connectivity index (χ1v) is 11.0. The van der Waals surface area contributed by atoms with Crippen LogP contribution < -0.4 is 15.4 Å². The Morgan fingerprint density at radius 2 is 1.71 bits per heavy atom. The first-order valence-electron chi connectivity index (χ1n) is 11.0. The van der Waals surface area contributed by atoms with E-state index in [1.54, 1.807) is 25.2 Å². The Kier molecular flexibility index (Phi) is 11.3. The van der Waals surface area contributed by atoms with Gasteiger partial charge in [-0.1, -0.05) is 48.5 Å². The molecule has 0 saturated heterocycles. The smallest absolute Gasteiger partial charge is 0.253 e. The summed E-state index contributed by atoms with van der Waals surface area (Å²) in [6.07, 6.45) is 1.73. The Balaban J connectivity index is 0.00000408. The Labute approximate surface area is 218 Å². The fraction of sp³-hybridized carbons (Fsp3) is 0.269. The lowest BCUT2D eigenvalue weighted by molar-refractivity contribution is 0.0827. The highest BCUT2D eigenvalue weighted by molar-refractivity contribution is 14.0. The first kappa shape index (κ1) is 27.1. The molecule has 1 aromatic heterocycles. The van der Waals surface area contributed by atoms with E-state index in [0.29, 0.717) is 37.1 Å². The van der Waals surface area contributed by atoms with Crippen molar-refractivity contribution in [3.05, 3.63) is 95.2 Å². The van der Waals surface area contributed by atoms with Gasteiger partial charge in [0.25, 0.3) is 5.91 Å². The number of nitrogens with one attached hydrogen (secondary N) is 2. The van der Waals surface area contributed by atoms with E-state index in [-0.39, 0.29) is 29.9 Å². The van der Waals surface area contributed by atoms with Crippen LogP contribution in [0.1, 0.15) is 34.0 Å². The summed E-state index contributed by atoms with van der Waals surface area (Å²) in [4.78, 5) is 22.7. The predicted octanol–water partition coefficient (Wildman–Crippen LogP) is 4.24. The SMILES string of the molecule is CCNC(=NCc1ccc(C(=O)N(C)C)cc1)NCc1cccnc1OCc1ccccc1.I. The van der Waals surface area contributed by atoms with E-state index < -0.39 is 0 Å². The van der Waals surface area contributed by atoms with Gasteiger partial charge in [0.2, 0.25) is 5.88 Å². The fourth-order valence-electron chi connectivity index (χ4n) is 3.12. The van der Waals surface area contributed by atoms with E-state index >= 15 is 0 Å². The number of rotatable bonds is 9. The van der Waals surface area contributed by atoms with Gasteiger partial charge in [-0.15, -0.1) is 24.0 Å². The normalized spacial score (nSPS) is 10.7. The van der Waals surface area contributed by atoms with Gasteiger partial charge in [-0.2, -0.15) is 0 Å². The number of aliphatic imine (C=N–C) groups is 1. The second kappa shape index (κ2) is 14.2. The number of hydrogen-bond acceptors (Lipinski definition) is 4. The Morgan fingerprint density at radius 3 is 2.38 bits per heavy atom. The number of halogens is 1. The molecule has 3 aromatic rings. The van der Waals surface area contributed by atoms with Gasteiger partial charge < -0.3 is 20.3 Å². The summed E-state index contributed by atoms with van der Waals surface area (Å²) in [7, 11) is 3.49. The lowest BCUT2D eigenvalue weighted by Gasteiger charge is -2.14. The molecule has 0 radical (unpaired) electrons. The maximum absolute atomic E-state index is 12.0. The summed E-state index contributed by atoms with van der Waals surface area (Å²) >= 11 is 0. The van der Waals surface area contributed by atoms with Crippen LogP contribution in [0.3, 0.4) is 0 Å². The van der Waals surface area contributed by atoms with Gasteiger partial charge in [0, 0.05) is 44.5 Å². The summed E-state index contributed by atoms with van der Waals surface area (Å²) in [5.74, 6) is 1.29. The molecule has 1 amide bonds. The van der Waals surface area contributed by atoms with Gasteiger partial charge in [0.05, 0.1) is 6.54 Å². The topological polar surface area (TPSA) is 78.9 Å². The largest absolute Gasteiger partial charge is 0.473 e. The fourth-order valence-corrected chi connectivity index (χ4v) is 3.12. The van der Waals surface area contributed by atoms with Gasteiger partial charge in [-0.05, 0) is 36.2 Å². The molecule has 0 aliphatic heterocycles. The monoisotopic (exact) mass is 573 g/mol. The molecule has 7 nitrogen and oxygen atoms in total. The molecule has 8 heteroatoms. The minimum atomic E-state index is -0.0122. The van der Waals surface area contributed by atoms with Gasteiger partial charge in [0.15, 0.2) is 5.96 Å². The van der Waals surface area contributed by atoms with E-state index in [1.807, 2.05) is 73.7 Å². The number of benzene rings is 2. The molecule has 0 fully saturated rings. The molecule has 0 unspecified atom stereocenters. The number of hydrogen-bond donors (Lipinski definition) is 2. The number of nitrogens with zero attached hydrogens (tertiary/aromatic N) is 3. The summed E-state index contributed by atoms with van der Waals surface area (Å²) < 4.78 is 5.95. The molecule has 180 valence electrons. The molecular weight excluding hydrogens is 541 g/mol. The average Bonchev–Trinajstić information content (AvgIpc) is 2.85. The lowest BCUT2D eigenvalue weighted by Crippen LogP contribution is -2.36. The van der Waals surface area contributed by atoms with Crippen molar-refractivity contribution in [1.29, 1.82) is 0 Å². The zero-order chi connectivity index (χ0) is 23.5. The van der Waals surface area contributed by atoms with Crippen LogP contribution in [0.4, 0.5) is 0 Å². The highest BCUT2D eigenvalue weighted by Crippen LogP contribution is 2.16. The molecule has 0 aliphatic rings. The molecule has 2 aromatic carbocycles. The van der Waals surface area contributed by atoms with Crippen LogP contribution in [0.15, 0.2) is 77.9 Å². The highest BCUT2D eigenvalue weighted by atomic mass is 127. The van der Waals surface area contributed by atoms with Crippen molar-refractivity contribution in [2.45, 2.75) is 26.6 Å². The number of guanidine groups is 1. The Hall–Kier alpha value is -3.14. The predicted molar refractivity (Wildman–Crippen MR) is 147 cm³/mol. The van der Waals surface area contributed by atoms with Gasteiger partial charge >= 0.3 is 0 Å². The third-order valence-corrected chi connectivity index (χ3v) is 4.89. The molecule has 3 rings (SSSR count). The zero-order valence-corrected chi connectivity index (χ0v) is 22.2. The highest BCUT2D eigenvalue weighted by Gasteiger charge is 2.08. The molecule has 0 saturated carbocycles. The van der Waals surface area contributed by atoms with Crippen molar-refractivity contribution in [2.24, 2.45) is 4.99 Å². The molecule has 2 N–H and O–H groups in total. The van der Waals surface area contributed by atoms with E-state index in [0.717, 1.165) is 23.2 Å². The molecular formula is C26H32IN5O2. The summed E-state index contributed by atoms with van der Waals surface area (Å²) in [6.45, 7) is 4.26. The standard InChI is InChI=1S/C26H31N5O2.HI/c1-4-27-26(29-17-20-12-14-22(15-13-20)25(32)31(2)3)30-18-23-11-8-16-28-24(23)33-19-21-9-6-5-7-10-21;/h5-16H,4,17-19H2,1-3H3,(H2,27,29,30);1H. The van der Waals surface area contributed by atoms with Crippen molar-refractivity contribution in [1.82, 2.24) is 20.5 Å². The average molecular weight is 573 g/mol. The van der Waals surface area contributed by atoms with E-state index in [4.69, 9.17) is 4.74 Å². The maximum atomic E-state index is 12.0. The third-order valence-electron chi connectivity index (χ3n) is 4.89. The van der Waals surface area contributed by atoms with Gasteiger partial charge in [0.1, 0.15) is 6.61 Å². The van der Waals surface area contributed by atoms with Gasteiger partial charge in [-0.25, -0.2) is 9.98 Å². The molecule has 34 heavy (non-hydrogen) atoms. The Bertz CT molecular complexity index is 1060.